The summed E-state index contributed by atoms with van der Waals surface area (Å²) in [5.41, 5.74) is 0. The number of hydrogen-bond donors (Lipinski definition) is 1. The van der Waals surface area contributed by atoms with E-state index in [1.165, 1.54) is 0 Å². The Labute approximate surface area is 72.5 Å². The van der Waals surface area contributed by atoms with Gasteiger partial charge in [-0.1, -0.05) is 12.8 Å². The Kier molecular flexibility index (Phi) is 3.78. The monoisotopic (exact) mass is 167 g/mol. The zero-order valence-electron chi connectivity index (χ0n) is 7.22. The van der Waals surface area contributed by atoms with E-state index in [1.807, 2.05) is 6.92 Å². The quantitative estimate of drug-likeness (QED) is 0.440. The minimum atomic E-state index is -0.349. The molecule has 0 aliphatic carbocycles. The average Bonchev–Trinajstić information content (AvgIpc) is 2.15. The molecule has 12 heavy (non-hydrogen) atoms. The van der Waals surface area contributed by atoms with Crippen LogP contribution in [0.2, 0.25) is 0 Å². The van der Waals surface area contributed by atoms with Crippen molar-refractivity contribution in [2.45, 2.75) is 19.4 Å². The molecule has 3 heteroatoms. The number of rotatable bonds is 1. The molecule has 1 atom stereocenters. The first kappa shape index (κ1) is 9.24. The molecule has 1 fully saturated rings. The number of morpholine rings is 1. The lowest BCUT2D eigenvalue weighted by Crippen LogP contribution is -2.42. The molecule has 0 aromatic carbocycles. The van der Waals surface area contributed by atoms with Crippen LogP contribution in [0.3, 0.4) is 0 Å². The molecular formula is C9H13NO2. The van der Waals surface area contributed by atoms with E-state index in [1.54, 1.807) is 0 Å². The van der Waals surface area contributed by atoms with Crippen molar-refractivity contribution >= 4 is 5.78 Å². The summed E-state index contributed by atoms with van der Waals surface area (Å²) in [4.78, 5) is 11.2. The van der Waals surface area contributed by atoms with Gasteiger partial charge in [0.05, 0.1) is 6.61 Å². The Hall–Kier alpha value is -0.850. The van der Waals surface area contributed by atoms with Gasteiger partial charge in [-0.2, -0.15) is 0 Å². The number of carbonyl (C=O) groups is 1. The molecule has 1 heterocycles. The lowest BCUT2D eigenvalue weighted by molar-refractivity contribution is -0.126. The molecular weight excluding hydrogens is 154 g/mol. The Morgan fingerprint density at radius 1 is 1.75 bits per heavy atom. The SMILES string of the molecule is CCC#CC(=O)C1CNCCO1. The van der Waals surface area contributed by atoms with E-state index in [9.17, 15) is 4.79 Å². The van der Waals surface area contributed by atoms with Crippen molar-refractivity contribution in [3.63, 3.8) is 0 Å². The summed E-state index contributed by atoms with van der Waals surface area (Å²) in [7, 11) is 0. The summed E-state index contributed by atoms with van der Waals surface area (Å²) in [5.74, 6) is 5.18. The van der Waals surface area contributed by atoms with Crippen molar-refractivity contribution in [2.75, 3.05) is 19.7 Å². The van der Waals surface area contributed by atoms with Crippen molar-refractivity contribution in [3.8, 4) is 11.8 Å². The molecule has 0 radical (unpaired) electrons. The number of nitrogens with one attached hydrogen (secondary N) is 1. The van der Waals surface area contributed by atoms with Crippen LogP contribution in [0.4, 0.5) is 0 Å². The normalized spacial score (nSPS) is 22.6. The molecule has 1 N–H and O–H groups in total. The molecule has 0 aromatic heterocycles. The highest BCUT2D eigenvalue weighted by molar-refractivity contribution is 5.99. The van der Waals surface area contributed by atoms with E-state index in [-0.39, 0.29) is 11.9 Å². The molecule has 0 amide bonds. The fourth-order valence-electron chi connectivity index (χ4n) is 0.990. The molecule has 1 rings (SSSR count). The Balaban J connectivity index is 2.40. The van der Waals surface area contributed by atoms with Crippen LogP contribution in [0.5, 0.6) is 0 Å². The standard InChI is InChI=1S/C9H13NO2/c1-2-3-4-8(11)9-7-10-5-6-12-9/h9-10H,2,5-7H2,1H3. The molecule has 1 aliphatic rings. The predicted octanol–water partition coefficient (Wildman–Crippen LogP) is -0.0427. The maximum absolute atomic E-state index is 11.2. The minimum Gasteiger partial charge on any atom is -0.367 e. The smallest absolute Gasteiger partial charge is 0.235 e. The van der Waals surface area contributed by atoms with Gasteiger partial charge in [0.25, 0.3) is 0 Å². The van der Waals surface area contributed by atoms with Crippen molar-refractivity contribution in [3.05, 3.63) is 0 Å². The van der Waals surface area contributed by atoms with E-state index in [4.69, 9.17) is 4.74 Å². The molecule has 0 aromatic rings. The predicted molar refractivity (Wildman–Crippen MR) is 45.7 cm³/mol. The van der Waals surface area contributed by atoms with Crippen LogP contribution < -0.4 is 5.32 Å². The van der Waals surface area contributed by atoms with Crippen LogP contribution in [0.25, 0.3) is 0 Å². The number of Topliss-reactive ketones (excluding diaryl/α,β-unsaturated/α-hetero) is 1. The van der Waals surface area contributed by atoms with Gasteiger partial charge in [0.1, 0.15) is 6.10 Å². The summed E-state index contributed by atoms with van der Waals surface area (Å²) in [6, 6.07) is 0. The molecule has 3 nitrogen and oxygen atoms in total. The van der Waals surface area contributed by atoms with E-state index < -0.39 is 0 Å². The highest BCUT2D eigenvalue weighted by atomic mass is 16.5. The lowest BCUT2D eigenvalue weighted by Gasteiger charge is -2.20. The third-order valence-electron chi connectivity index (χ3n) is 1.61. The molecule has 0 spiro atoms. The zero-order valence-corrected chi connectivity index (χ0v) is 7.22. The summed E-state index contributed by atoms with van der Waals surface area (Å²) in [6.45, 7) is 3.94. The van der Waals surface area contributed by atoms with Crippen LogP contribution in [0.1, 0.15) is 13.3 Å². The van der Waals surface area contributed by atoms with E-state index in [2.05, 4.69) is 17.2 Å². The average molecular weight is 167 g/mol. The van der Waals surface area contributed by atoms with Crippen molar-refractivity contribution in [1.29, 1.82) is 0 Å². The maximum atomic E-state index is 11.2. The molecule has 1 saturated heterocycles. The van der Waals surface area contributed by atoms with Crippen molar-refractivity contribution < 1.29 is 9.53 Å². The fraction of sp³-hybridized carbons (Fsp3) is 0.667. The zero-order chi connectivity index (χ0) is 8.81. The van der Waals surface area contributed by atoms with Gasteiger partial charge in [-0.3, -0.25) is 4.79 Å². The maximum Gasteiger partial charge on any atom is 0.235 e. The van der Waals surface area contributed by atoms with Gasteiger partial charge >= 0.3 is 0 Å². The lowest BCUT2D eigenvalue weighted by atomic mass is 10.2. The first-order valence-corrected chi connectivity index (χ1v) is 4.19. The fourth-order valence-corrected chi connectivity index (χ4v) is 0.990. The van der Waals surface area contributed by atoms with Crippen LogP contribution in [-0.4, -0.2) is 31.6 Å². The van der Waals surface area contributed by atoms with Gasteiger partial charge < -0.3 is 10.1 Å². The topological polar surface area (TPSA) is 38.3 Å². The van der Waals surface area contributed by atoms with Crippen molar-refractivity contribution in [1.82, 2.24) is 5.32 Å². The number of carbonyl (C=O) groups excluding carboxylic acids is 1. The van der Waals surface area contributed by atoms with Gasteiger partial charge in [-0.25, -0.2) is 0 Å². The number of ketones is 1. The summed E-state index contributed by atoms with van der Waals surface area (Å²) in [6.07, 6.45) is 0.365. The molecule has 0 bridgehead atoms. The van der Waals surface area contributed by atoms with Gasteiger partial charge in [0.2, 0.25) is 5.78 Å². The summed E-state index contributed by atoms with van der Waals surface area (Å²) >= 11 is 0. The van der Waals surface area contributed by atoms with E-state index >= 15 is 0 Å². The number of ether oxygens (including phenoxy) is 1. The highest BCUT2D eigenvalue weighted by Gasteiger charge is 2.19. The third-order valence-corrected chi connectivity index (χ3v) is 1.61. The minimum absolute atomic E-state index is 0.107. The first-order valence-electron chi connectivity index (χ1n) is 4.19. The van der Waals surface area contributed by atoms with Crippen LogP contribution in [0.15, 0.2) is 0 Å². The second-order valence-electron chi connectivity index (χ2n) is 2.58. The molecule has 1 aliphatic heterocycles. The van der Waals surface area contributed by atoms with Crippen LogP contribution in [-0.2, 0) is 9.53 Å². The molecule has 1 unspecified atom stereocenters. The van der Waals surface area contributed by atoms with Gasteiger partial charge in [0.15, 0.2) is 0 Å². The van der Waals surface area contributed by atoms with Gasteiger partial charge in [0, 0.05) is 19.5 Å². The summed E-state index contributed by atoms with van der Waals surface area (Å²) in [5, 5.41) is 3.08. The van der Waals surface area contributed by atoms with Crippen molar-refractivity contribution in [2.24, 2.45) is 0 Å². The van der Waals surface area contributed by atoms with E-state index in [0.29, 0.717) is 19.6 Å². The largest absolute Gasteiger partial charge is 0.367 e. The summed E-state index contributed by atoms with van der Waals surface area (Å²) < 4.78 is 5.22. The molecule has 0 saturated carbocycles. The van der Waals surface area contributed by atoms with Crippen LogP contribution >= 0.6 is 0 Å². The number of hydrogen-bond acceptors (Lipinski definition) is 3. The Morgan fingerprint density at radius 3 is 3.17 bits per heavy atom. The second-order valence-corrected chi connectivity index (χ2v) is 2.58. The Morgan fingerprint density at radius 2 is 2.58 bits per heavy atom. The van der Waals surface area contributed by atoms with Crippen LogP contribution in [0, 0.1) is 11.8 Å². The highest BCUT2D eigenvalue weighted by Crippen LogP contribution is 1.96. The molecule has 66 valence electrons. The second kappa shape index (κ2) is 4.91. The first-order chi connectivity index (χ1) is 5.84. The Bertz CT molecular complexity index is 208. The van der Waals surface area contributed by atoms with Gasteiger partial charge in [-0.05, 0) is 5.92 Å². The van der Waals surface area contributed by atoms with Gasteiger partial charge in [-0.15, -0.1) is 0 Å². The third kappa shape index (κ3) is 2.65. The van der Waals surface area contributed by atoms with E-state index in [0.717, 1.165) is 6.54 Å².